The second-order valence-corrected chi connectivity index (χ2v) is 7.29. The highest BCUT2D eigenvalue weighted by Gasteiger charge is 2.44. The highest BCUT2D eigenvalue weighted by Crippen LogP contribution is 2.43. The zero-order valence-electron chi connectivity index (χ0n) is 17.4. The maximum absolute atomic E-state index is 12.2. The monoisotopic (exact) mass is 434 g/mol. The predicted molar refractivity (Wildman–Crippen MR) is 114 cm³/mol. The van der Waals surface area contributed by atoms with Crippen molar-refractivity contribution < 1.29 is 28.6 Å². The zero-order valence-corrected chi connectivity index (χ0v) is 17.4. The summed E-state index contributed by atoms with van der Waals surface area (Å²) >= 11 is 0. The molecule has 2 aromatic rings. The molecular formula is C24H22N2O6. The van der Waals surface area contributed by atoms with Crippen molar-refractivity contribution in [2.75, 3.05) is 7.11 Å². The Morgan fingerprint density at radius 3 is 2.69 bits per heavy atom. The third-order valence-electron chi connectivity index (χ3n) is 5.38. The summed E-state index contributed by atoms with van der Waals surface area (Å²) in [6.45, 7) is 0.345. The van der Waals surface area contributed by atoms with Crippen molar-refractivity contribution >= 4 is 18.2 Å². The lowest BCUT2D eigenvalue weighted by Crippen LogP contribution is -2.37. The maximum Gasteiger partial charge on any atom is 0.365 e. The number of methoxy groups -OCH3 is 1. The number of rotatable bonds is 7. The molecule has 0 saturated heterocycles. The number of carbonyl (C=O) groups excluding carboxylic acids is 2. The molecule has 0 saturated carbocycles. The molecule has 0 spiro atoms. The van der Waals surface area contributed by atoms with Crippen LogP contribution < -0.4 is 0 Å². The minimum Gasteiger partial charge on any atom is -0.471 e. The first-order chi connectivity index (χ1) is 15.7. The summed E-state index contributed by atoms with van der Waals surface area (Å²) in [6.07, 6.45) is 7.76. The normalized spacial score (nSPS) is 21.8. The van der Waals surface area contributed by atoms with Crippen molar-refractivity contribution in [2.45, 2.75) is 19.3 Å². The van der Waals surface area contributed by atoms with Crippen molar-refractivity contribution in [3.05, 3.63) is 89.5 Å². The molecule has 8 nitrogen and oxygen atoms in total. The fourth-order valence-corrected chi connectivity index (χ4v) is 3.79. The van der Waals surface area contributed by atoms with Crippen LogP contribution in [0.1, 0.15) is 22.3 Å². The number of oxime groups is 1. The smallest absolute Gasteiger partial charge is 0.365 e. The average molecular weight is 434 g/mol. The molecule has 1 aromatic heterocycles. The first-order valence-corrected chi connectivity index (χ1v) is 10.1. The van der Waals surface area contributed by atoms with E-state index in [1.165, 1.54) is 32.0 Å². The number of benzene rings is 1. The van der Waals surface area contributed by atoms with Crippen LogP contribution in [0.4, 0.5) is 0 Å². The third kappa shape index (κ3) is 4.76. The lowest BCUT2D eigenvalue weighted by Gasteiger charge is -2.34. The van der Waals surface area contributed by atoms with Gasteiger partial charge in [0.1, 0.15) is 0 Å². The SMILES string of the molecule is COC(=O)C1=CO[C@@H](OCc2ccccc2)[C@@H]2C(C=NOC(=O)c3ccncc3)=CC[C@H]12. The van der Waals surface area contributed by atoms with Crippen molar-refractivity contribution in [1.82, 2.24) is 4.98 Å². The van der Waals surface area contributed by atoms with E-state index < -0.39 is 18.2 Å². The molecule has 1 aromatic carbocycles. The summed E-state index contributed by atoms with van der Waals surface area (Å²) in [7, 11) is 1.33. The third-order valence-corrected chi connectivity index (χ3v) is 5.38. The molecule has 0 radical (unpaired) electrons. The lowest BCUT2D eigenvalue weighted by atomic mass is 9.83. The summed E-state index contributed by atoms with van der Waals surface area (Å²) in [6, 6.07) is 12.8. The van der Waals surface area contributed by atoms with Crippen LogP contribution in [0, 0.1) is 11.8 Å². The van der Waals surface area contributed by atoms with E-state index in [-0.39, 0.29) is 11.8 Å². The summed E-state index contributed by atoms with van der Waals surface area (Å²) in [4.78, 5) is 33.2. The van der Waals surface area contributed by atoms with Crippen molar-refractivity contribution in [1.29, 1.82) is 0 Å². The maximum atomic E-state index is 12.2. The largest absolute Gasteiger partial charge is 0.471 e. The summed E-state index contributed by atoms with van der Waals surface area (Å²) in [5.74, 6) is -1.53. The fourth-order valence-electron chi connectivity index (χ4n) is 3.79. The van der Waals surface area contributed by atoms with Gasteiger partial charge in [-0.15, -0.1) is 0 Å². The van der Waals surface area contributed by atoms with E-state index in [2.05, 4.69) is 10.1 Å². The Bertz CT molecular complexity index is 1050. The van der Waals surface area contributed by atoms with Crippen LogP contribution in [0.5, 0.6) is 0 Å². The molecule has 3 atom stereocenters. The number of pyridine rings is 1. The Morgan fingerprint density at radius 1 is 1.16 bits per heavy atom. The van der Waals surface area contributed by atoms with Gasteiger partial charge in [0.05, 0.1) is 43.2 Å². The van der Waals surface area contributed by atoms with Crippen LogP contribution in [-0.4, -0.2) is 36.5 Å². The topological polar surface area (TPSA) is 96.3 Å². The summed E-state index contributed by atoms with van der Waals surface area (Å²) in [5, 5.41) is 3.85. The lowest BCUT2D eigenvalue weighted by molar-refractivity contribution is -0.159. The van der Waals surface area contributed by atoms with Gasteiger partial charge in [-0.2, -0.15) is 0 Å². The van der Waals surface area contributed by atoms with E-state index >= 15 is 0 Å². The Kier molecular flexibility index (Phi) is 6.72. The van der Waals surface area contributed by atoms with Gasteiger partial charge < -0.3 is 19.0 Å². The molecule has 2 aliphatic rings. The van der Waals surface area contributed by atoms with E-state index in [1.54, 1.807) is 12.1 Å². The van der Waals surface area contributed by atoms with Gasteiger partial charge in [-0.05, 0) is 29.7 Å². The second-order valence-electron chi connectivity index (χ2n) is 7.29. The summed E-state index contributed by atoms with van der Waals surface area (Å²) in [5.41, 5.74) is 2.53. The summed E-state index contributed by atoms with van der Waals surface area (Å²) < 4.78 is 16.7. The zero-order chi connectivity index (χ0) is 22.3. The number of hydrogen-bond acceptors (Lipinski definition) is 8. The molecular weight excluding hydrogens is 412 g/mol. The van der Waals surface area contributed by atoms with E-state index in [0.717, 1.165) is 11.1 Å². The van der Waals surface area contributed by atoms with Crippen LogP contribution in [0.15, 0.2) is 83.5 Å². The number of ether oxygens (including phenoxy) is 3. The van der Waals surface area contributed by atoms with Gasteiger partial charge in [0.25, 0.3) is 0 Å². The first-order valence-electron chi connectivity index (χ1n) is 10.1. The Morgan fingerprint density at radius 2 is 1.94 bits per heavy atom. The van der Waals surface area contributed by atoms with E-state index in [4.69, 9.17) is 19.0 Å². The Balaban J connectivity index is 1.48. The van der Waals surface area contributed by atoms with E-state index in [9.17, 15) is 9.59 Å². The first kappa shape index (κ1) is 21.5. The van der Waals surface area contributed by atoms with E-state index in [1.807, 2.05) is 36.4 Å². The van der Waals surface area contributed by atoms with E-state index in [0.29, 0.717) is 24.2 Å². The van der Waals surface area contributed by atoms with Gasteiger partial charge in [0.15, 0.2) is 0 Å². The molecule has 4 rings (SSSR count). The fraction of sp³-hybridized carbons (Fsp3) is 0.250. The van der Waals surface area contributed by atoms with Gasteiger partial charge in [-0.25, -0.2) is 9.59 Å². The average Bonchev–Trinajstić information content (AvgIpc) is 3.27. The minimum atomic E-state index is -0.635. The molecule has 0 fully saturated rings. The number of fused-ring (bicyclic) bond motifs is 1. The van der Waals surface area contributed by atoms with Crippen LogP contribution in [0.25, 0.3) is 0 Å². The van der Waals surface area contributed by atoms with Crippen LogP contribution in [-0.2, 0) is 30.4 Å². The molecule has 1 aliphatic heterocycles. The number of aromatic nitrogens is 1. The molecule has 0 unspecified atom stereocenters. The molecule has 0 N–H and O–H groups in total. The minimum absolute atomic E-state index is 0.186. The highest BCUT2D eigenvalue weighted by molar-refractivity contribution is 5.91. The number of hydrogen-bond donors (Lipinski definition) is 0. The van der Waals surface area contributed by atoms with Crippen molar-refractivity contribution in [3.8, 4) is 0 Å². The molecule has 1 aliphatic carbocycles. The van der Waals surface area contributed by atoms with Crippen LogP contribution >= 0.6 is 0 Å². The Hall–Kier alpha value is -3.78. The predicted octanol–water partition coefficient (Wildman–Crippen LogP) is 3.42. The van der Waals surface area contributed by atoms with Gasteiger partial charge in [-0.3, -0.25) is 4.98 Å². The Labute approximate surface area is 185 Å². The quantitative estimate of drug-likeness (QED) is 0.285. The molecule has 2 heterocycles. The van der Waals surface area contributed by atoms with Gasteiger partial charge in [-0.1, -0.05) is 41.6 Å². The second kappa shape index (κ2) is 10.0. The van der Waals surface area contributed by atoms with Gasteiger partial charge in [0.2, 0.25) is 6.29 Å². The van der Waals surface area contributed by atoms with Gasteiger partial charge >= 0.3 is 11.9 Å². The molecule has 164 valence electrons. The number of nitrogens with zero attached hydrogens (tertiary/aromatic N) is 2. The standard InChI is InChI=1S/C24H22N2O6/c1-29-23(28)20-15-31-24(30-14-16-5-3-2-4-6-16)21-18(7-8-19(20)21)13-26-32-22(27)17-9-11-25-12-10-17/h2-7,9-13,15,19,21,24H,8,14H2,1H3/t19-,21-,24-/m1/s1. The molecule has 8 heteroatoms. The molecule has 0 amide bonds. The van der Waals surface area contributed by atoms with Crippen molar-refractivity contribution in [2.24, 2.45) is 17.0 Å². The number of carbonyl (C=O) groups is 2. The van der Waals surface area contributed by atoms with Crippen LogP contribution in [0.3, 0.4) is 0 Å². The van der Waals surface area contributed by atoms with Crippen LogP contribution in [0.2, 0.25) is 0 Å². The molecule has 0 bridgehead atoms. The number of allylic oxidation sites excluding steroid dienone is 1. The van der Waals surface area contributed by atoms with Crippen molar-refractivity contribution in [3.63, 3.8) is 0 Å². The number of esters is 1. The molecule has 32 heavy (non-hydrogen) atoms. The highest BCUT2D eigenvalue weighted by atomic mass is 16.7. The van der Waals surface area contributed by atoms with Gasteiger partial charge in [0, 0.05) is 18.3 Å².